The molecule has 1 unspecified atom stereocenters. The molecule has 2 aliphatic carbocycles. The van der Waals surface area contributed by atoms with E-state index in [2.05, 4.69) is 18.3 Å². The summed E-state index contributed by atoms with van der Waals surface area (Å²) in [5, 5.41) is 13.4. The Morgan fingerprint density at radius 1 is 1.02 bits per heavy atom. The Labute approximate surface area is 232 Å². The topological polar surface area (TPSA) is 98.7 Å². The lowest BCUT2D eigenvalue weighted by Gasteiger charge is -2.25. The fraction of sp³-hybridized carbons (Fsp3) is 0.323. The number of rotatable bonds is 9. The highest BCUT2D eigenvalue weighted by molar-refractivity contribution is 5.95. The van der Waals surface area contributed by atoms with Gasteiger partial charge >= 0.3 is 17.9 Å². The van der Waals surface area contributed by atoms with Crippen LogP contribution in [0.1, 0.15) is 60.5 Å². The average molecular weight is 550 g/mol. The molecule has 0 saturated carbocycles. The molecule has 210 valence electrons. The van der Waals surface area contributed by atoms with E-state index in [1.807, 2.05) is 47.8 Å². The summed E-state index contributed by atoms with van der Waals surface area (Å²) in [4.78, 5) is 37.9. The number of benzene rings is 2. The van der Waals surface area contributed by atoms with E-state index >= 15 is 0 Å². The van der Waals surface area contributed by atoms with Crippen LogP contribution in [0.5, 0.6) is 0 Å². The number of nitrogens with zero attached hydrogens (tertiary/aromatic N) is 1. The highest BCUT2D eigenvalue weighted by Crippen LogP contribution is 2.29. The molecule has 0 heterocycles. The number of carboxylic acid groups (broad SMARTS) is 1. The van der Waals surface area contributed by atoms with Crippen LogP contribution in [0.2, 0.25) is 0 Å². The predicted octanol–water partition coefficient (Wildman–Crippen LogP) is 6.29. The standard InChI is InChI=1S/C31H33F2N3O4/c1-21-7-15-26(16-8-21)35-30(40)36(27-17-13-24(14-18-27)23-5-3-2-4-6-23)19-22-9-11-25(12-10-22)28(37)34-20-31(32,33)29(38)39/h5,7,9-18,21H,2-4,6,8,19-20H2,1H3,(H,34,37)(H,35,40)(H,38,39). The Kier molecular flexibility index (Phi) is 9.14. The molecule has 0 fully saturated rings. The first-order valence-electron chi connectivity index (χ1n) is 13.4. The predicted molar refractivity (Wildman–Crippen MR) is 150 cm³/mol. The molecule has 0 aliphatic heterocycles. The van der Waals surface area contributed by atoms with E-state index in [1.165, 1.54) is 30.5 Å². The Bertz CT molecular complexity index is 1330. The minimum Gasteiger partial charge on any atom is -0.477 e. The number of nitrogens with one attached hydrogen (secondary N) is 2. The van der Waals surface area contributed by atoms with Crippen LogP contribution in [0.15, 0.2) is 78.5 Å². The van der Waals surface area contributed by atoms with E-state index in [9.17, 15) is 23.2 Å². The van der Waals surface area contributed by atoms with Crippen molar-refractivity contribution < 1.29 is 28.3 Å². The van der Waals surface area contributed by atoms with E-state index in [0.717, 1.165) is 30.5 Å². The van der Waals surface area contributed by atoms with Crippen LogP contribution >= 0.6 is 0 Å². The molecule has 0 bridgehead atoms. The van der Waals surface area contributed by atoms with Gasteiger partial charge in [0.25, 0.3) is 5.91 Å². The highest BCUT2D eigenvalue weighted by atomic mass is 19.3. The van der Waals surface area contributed by atoms with Gasteiger partial charge in [-0.25, -0.2) is 9.59 Å². The monoisotopic (exact) mass is 549 g/mol. The summed E-state index contributed by atoms with van der Waals surface area (Å²) < 4.78 is 26.6. The molecule has 1 atom stereocenters. The molecule has 4 rings (SSSR count). The molecule has 40 heavy (non-hydrogen) atoms. The third-order valence-corrected chi connectivity index (χ3v) is 6.99. The molecule has 3 N–H and O–H groups in total. The van der Waals surface area contributed by atoms with Crippen molar-refractivity contribution in [2.75, 3.05) is 11.4 Å². The summed E-state index contributed by atoms with van der Waals surface area (Å²) >= 11 is 0. The van der Waals surface area contributed by atoms with E-state index in [-0.39, 0.29) is 18.1 Å². The molecule has 9 heteroatoms. The second-order valence-corrected chi connectivity index (χ2v) is 10.2. The minimum atomic E-state index is -4.06. The first-order valence-corrected chi connectivity index (χ1v) is 13.4. The summed E-state index contributed by atoms with van der Waals surface area (Å²) in [5.41, 5.74) is 4.68. The summed E-state index contributed by atoms with van der Waals surface area (Å²) in [6, 6.07) is 13.7. The van der Waals surface area contributed by atoms with Crippen molar-refractivity contribution in [2.45, 2.75) is 51.5 Å². The molecule has 2 aromatic rings. The zero-order valence-electron chi connectivity index (χ0n) is 22.3. The van der Waals surface area contributed by atoms with Gasteiger partial charge in [0.2, 0.25) is 0 Å². The number of alkyl halides is 2. The molecule has 3 amide bonds. The van der Waals surface area contributed by atoms with Gasteiger partial charge in [-0.2, -0.15) is 8.78 Å². The summed E-state index contributed by atoms with van der Waals surface area (Å²) in [6.07, 6.45) is 13.5. The number of urea groups is 1. The lowest BCUT2D eigenvalue weighted by atomic mass is 9.93. The quantitative estimate of drug-likeness (QED) is 0.342. The van der Waals surface area contributed by atoms with Crippen LogP contribution in [0.25, 0.3) is 5.57 Å². The number of allylic oxidation sites excluding steroid dienone is 5. The molecule has 0 saturated heterocycles. The number of halogens is 2. The number of amides is 3. The van der Waals surface area contributed by atoms with Gasteiger partial charge in [0.1, 0.15) is 0 Å². The average Bonchev–Trinajstić information content (AvgIpc) is 2.96. The second kappa shape index (κ2) is 12.7. The Hall–Kier alpha value is -4.27. The maximum absolute atomic E-state index is 13.4. The number of anilines is 1. The smallest absolute Gasteiger partial charge is 0.376 e. The van der Waals surface area contributed by atoms with Gasteiger partial charge in [-0.15, -0.1) is 0 Å². The molecule has 0 radical (unpaired) electrons. The van der Waals surface area contributed by atoms with Gasteiger partial charge in [-0.05, 0) is 85.1 Å². The van der Waals surface area contributed by atoms with Gasteiger partial charge in [-0.3, -0.25) is 9.69 Å². The Morgan fingerprint density at radius 2 is 1.75 bits per heavy atom. The molecule has 7 nitrogen and oxygen atoms in total. The van der Waals surface area contributed by atoms with Gasteiger partial charge in [0, 0.05) is 16.9 Å². The van der Waals surface area contributed by atoms with Crippen molar-refractivity contribution in [2.24, 2.45) is 5.92 Å². The number of carbonyl (C=O) groups is 3. The van der Waals surface area contributed by atoms with Gasteiger partial charge < -0.3 is 15.7 Å². The van der Waals surface area contributed by atoms with E-state index < -0.39 is 24.3 Å². The van der Waals surface area contributed by atoms with Crippen molar-refractivity contribution in [1.82, 2.24) is 10.6 Å². The van der Waals surface area contributed by atoms with Crippen LogP contribution in [-0.4, -0.2) is 35.5 Å². The minimum absolute atomic E-state index is 0.0951. The van der Waals surface area contributed by atoms with E-state index in [4.69, 9.17) is 5.11 Å². The largest absolute Gasteiger partial charge is 0.477 e. The summed E-state index contributed by atoms with van der Waals surface area (Å²) in [7, 11) is 0. The number of carbonyl (C=O) groups excluding carboxylic acids is 2. The maximum Gasteiger partial charge on any atom is 0.376 e. The van der Waals surface area contributed by atoms with Crippen LogP contribution in [0.3, 0.4) is 0 Å². The van der Waals surface area contributed by atoms with Crippen molar-refractivity contribution in [1.29, 1.82) is 0 Å². The summed E-state index contributed by atoms with van der Waals surface area (Å²) in [6.45, 7) is 0.982. The highest BCUT2D eigenvalue weighted by Gasteiger charge is 2.39. The third-order valence-electron chi connectivity index (χ3n) is 6.99. The lowest BCUT2D eigenvalue weighted by Crippen LogP contribution is -2.42. The van der Waals surface area contributed by atoms with Gasteiger partial charge in [-0.1, -0.05) is 49.4 Å². The van der Waals surface area contributed by atoms with Crippen molar-refractivity contribution >= 4 is 29.2 Å². The molecule has 2 aliphatic rings. The van der Waals surface area contributed by atoms with Crippen LogP contribution in [0.4, 0.5) is 19.3 Å². The van der Waals surface area contributed by atoms with Crippen LogP contribution in [-0.2, 0) is 11.3 Å². The number of aliphatic carboxylic acids is 1. The van der Waals surface area contributed by atoms with Crippen molar-refractivity contribution in [3.8, 4) is 0 Å². The third kappa shape index (κ3) is 7.43. The Morgan fingerprint density at radius 3 is 2.35 bits per heavy atom. The summed E-state index contributed by atoms with van der Waals surface area (Å²) in [5.74, 6) is -6.78. The molecular formula is C31H33F2N3O4. The molecule has 0 spiro atoms. The zero-order valence-corrected chi connectivity index (χ0v) is 22.3. The fourth-order valence-electron chi connectivity index (χ4n) is 4.56. The van der Waals surface area contributed by atoms with Gasteiger partial charge in [0.05, 0.1) is 13.1 Å². The molecule has 2 aromatic carbocycles. The van der Waals surface area contributed by atoms with Gasteiger partial charge in [0.15, 0.2) is 0 Å². The number of hydrogen-bond donors (Lipinski definition) is 3. The van der Waals surface area contributed by atoms with Crippen molar-refractivity contribution in [3.63, 3.8) is 0 Å². The lowest BCUT2D eigenvalue weighted by molar-refractivity contribution is -0.163. The SMILES string of the molecule is CC1C=CC(NC(=O)N(Cc2ccc(C(=O)NCC(F)(F)C(=O)O)cc2)c2ccc(C3=CCCCC3)cc2)=CC1. The molecular weight excluding hydrogens is 516 g/mol. The van der Waals surface area contributed by atoms with E-state index in [1.54, 1.807) is 17.0 Å². The van der Waals surface area contributed by atoms with Crippen molar-refractivity contribution in [3.05, 3.63) is 95.2 Å². The maximum atomic E-state index is 13.4. The second-order valence-electron chi connectivity index (χ2n) is 10.2. The number of carboxylic acids is 1. The van der Waals surface area contributed by atoms with E-state index in [0.29, 0.717) is 17.2 Å². The fourth-order valence-corrected chi connectivity index (χ4v) is 4.56. The first kappa shape index (κ1) is 28.7. The molecule has 0 aromatic heterocycles. The zero-order chi connectivity index (χ0) is 28.7. The normalized spacial score (nSPS) is 16.9. The van der Waals surface area contributed by atoms with Crippen LogP contribution < -0.4 is 15.5 Å². The van der Waals surface area contributed by atoms with Crippen LogP contribution in [0, 0.1) is 5.92 Å². The number of hydrogen-bond acceptors (Lipinski definition) is 3. The first-order chi connectivity index (χ1) is 19.1. The Balaban J connectivity index is 1.50.